The van der Waals surface area contributed by atoms with Gasteiger partial charge in [-0.25, -0.2) is 4.63 Å². The van der Waals surface area contributed by atoms with Gasteiger partial charge in [0, 0.05) is 18.2 Å². The first-order valence-electron chi connectivity index (χ1n) is 5.53. The van der Waals surface area contributed by atoms with Gasteiger partial charge in [0.15, 0.2) is 0 Å². The van der Waals surface area contributed by atoms with Gasteiger partial charge in [0.2, 0.25) is 0 Å². The van der Waals surface area contributed by atoms with Gasteiger partial charge < -0.3 is 9.84 Å². The number of nitrogens with zero attached hydrogens (tertiary/aromatic N) is 3. The first-order chi connectivity index (χ1) is 8.09. The summed E-state index contributed by atoms with van der Waals surface area (Å²) in [4.78, 5) is 0. The third-order valence-corrected chi connectivity index (χ3v) is 2.84. The normalized spacial score (nSPS) is 12.9. The lowest BCUT2D eigenvalue weighted by Gasteiger charge is -2.12. The lowest BCUT2D eigenvalue weighted by molar-refractivity contribution is 0.300. The molecule has 17 heavy (non-hydrogen) atoms. The Morgan fingerprint density at radius 1 is 1.12 bits per heavy atom. The third-order valence-electron chi connectivity index (χ3n) is 2.84. The Labute approximate surface area is 99.3 Å². The largest absolute Gasteiger partial charge is 0.361 e. The SMILES string of the molecule is Cc1nonc1CNC(C)c1c(C)noc1C. The second-order valence-corrected chi connectivity index (χ2v) is 4.14. The van der Waals surface area contributed by atoms with Crippen molar-refractivity contribution in [2.24, 2.45) is 0 Å². The molecule has 0 amide bonds. The lowest BCUT2D eigenvalue weighted by Crippen LogP contribution is -2.19. The molecule has 0 bridgehead atoms. The third kappa shape index (κ3) is 2.36. The summed E-state index contributed by atoms with van der Waals surface area (Å²) >= 11 is 0. The summed E-state index contributed by atoms with van der Waals surface area (Å²) in [5.41, 5.74) is 3.64. The van der Waals surface area contributed by atoms with Gasteiger partial charge in [0.1, 0.15) is 17.1 Å². The minimum absolute atomic E-state index is 0.150. The van der Waals surface area contributed by atoms with Crippen molar-refractivity contribution in [3.63, 3.8) is 0 Å². The van der Waals surface area contributed by atoms with Crippen molar-refractivity contribution in [1.82, 2.24) is 20.8 Å². The quantitative estimate of drug-likeness (QED) is 0.872. The Balaban J connectivity index is 2.03. The molecular formula is C11H16N4O2. The van der Waals surface area contributed by atoms with E-state index in [1.807, 2.05) is 20.8 Å². The highest BCUT2D eigenvalue weighted by molar-refractivity contribution is 5.24. The molecule has 0 aromatic carbocycles. The Kier molecular flexibility index (Phi) is 3.23. The zero-order chi connectivity index (χ0) is 12.4. The van der Waals surface area contributed by atoms with E-state index in [2.05, 4.69) is 32.3 Å². The molecule has 6 nitrogen and oxygen atoms in total. The molecule has 0 aliphatic rings. The van der Waals surface area contributed by atoms with Gasteiger partial charge in [-0.2, -0.15) is 0 Å². The minimum atomic E-state index is 0.150. The van der Waals surface area contributed by atoms with E-state index < -0.39 is 0 Å². The van der Waals surface area contributed by atoms with Gasteiger partial charge in [-0.05, 0) is 27.7 Å². The molecule has 1 unspecified atom stereocenters. The molecule has 6 heteroatoms. The van der Waals surface area contributed by atoms with Crippen LogP contribution in [0.15, 0.2) is 9.15 Å². The summed E-state index contributed by atoms with van der Waals surface area (Å²) in [6, 6.07) is 0.150. The molecule has 1 atom stereocenters. The fourth-order valence-corrected chi connectivity index (χ4v) is 1.87. The highest BCUT2D eigenvalue weighted by atomic mass is 16.6. The fourth-order valence-electron chi connectivity index (χ4n) is 1.87. The maximum absolute atomic E-state index is 5.14. The molecule has 0 aliphatic carbocycles. The van der Waals surface area contributed by atoms with Crippen molar-refractivity contribution in [2.75, 3.05) is 0 Å². The maximum atomic E-state index is 5.14. The van der Waals surface area contributed by atoms with Crippen molar-refractivity contribution in [1.29, 1.82) is 0 Å². The first-order valence-corrected chi connectivity index (χ1v) is 5.53. The van der Waals surface area contributed by atoms with E-state index in [1.54, 1.807) is 0 Å². The monoisotopic (exact) mass is 236 g/mol. The zero-order valence-electron chi connectivity index (χ0n) is 10.4. The number of nitrogens with one attached hydrogen (secondary N) is 1. The van der Waals surface area contributed by atoms with Gasteiger partial charge in [-0.1, -0.05) is 15.5 Å². The van der Waals surface area contributed by atoms with Crippen LogP contribution < -0.4 is 5.32 Å². The Hall–Kier alpha value is -1.69. The van der Waals surface area contributed by atoms with Crippen molar-refractivity contribution >= 4 is 0 Å². The van der Waals surface area contributed by atoms with Crippen LogP contribution in [-0.2, 0) is 6.54 Å². The number of rotatable bonds is 4. The van der Waals surface area contributed by atoms with Crippen LogP contribution in [0, 0.1) is 20.8 Å². The molecule has 0 fully saturated rings. The van der Waals surface area contributed by atoms with Gasteiger partial charge in [-0.15, -0.1) is 0 Å². The van der Waals surface area contributed by atoms with Gasteiger partial charge in [0.05, 0.1) is 5.69 Å². The Bertz CT molecular complexity index is 484. The summed E-state index contributed by atoms with van der Waals surface area (Å²) in [6.45, 7) is 8.40. The van der Waals surface area contributed by atoms with Crippen LogP contribution in [0.4, 0.5) is 0 Å². The summed E-state index contributed by atoms with van der Waals surface area (Å²) in [5, 5.41) is 14.8. The van der Waals surface area contributed by atoms with Crippen LogP contribution in [0.1, 0.15) is 41.4 Å². The minimum Gasteiger partial charge on any atom is -0.361 e. The predicted molar refractivity (Wildman–Crippen MR) is 60.3 cm³/mol. The van der Waals surface area contributed by atoms with E-state index in [4.69, 9.17) is 4.52 Å². The molecule has 0 saturated heterocycles. The van der Waals surface area contributed by atoms with Crippen molar-refractivity contribution in [3.05, 3.63) is 28.4 Å². The molecule has 0 saturated carbocycles. The molecule has 2 aromatic rings. The van der Waals surface area contributed by atoms with Gasteiger partial charge >= 0.3 is 0 Å². The zero-order valence-corrected chi connectivity index (χ0v) is 10.4. The summed E-state index contributed by atoms with van der Waals surface area (Å²) in [7, 11) is 0. The summed E-state index contributed by atoms with van der Waals surface area (Å²) in [6.07, 6.45) is 0. The van der Waals surface area contributed by atoms with Crippen LogP contribution in [-0.4, -0.2) is 15.5 Å². The van der Waals surface area contributed by atoms with Crippen LogP contribution >= 0.6 is 0 Å². The van der Waals surface area contributed by atoms with E-state index >= 15 is 0 Å². The molecule has 1 N–H and O–H groups in total. The first kappa shape index (κ1) is 11.8. The second-order valence-electron chi connectivity index (χ2n) is 4.14. The molecule has 2 aromatic heterocycles. The average Bonchev–Trinajstić information content (AvgIpc) is 2.83. The number of hydrogen-bond acceptors (Lipinski definition) is 6. The molecule has 2 rings (SSSR count). The van der Waals surface area contributed by atoms with Crippen molar-refractivity contribution in [3.8, 4) is 0 Å². The second kappa shape index (κ2) is 4.67. The number of hydrogen-bond donors (Lipinski definition) is 1. The number of aryl methyl sites for hydroxylation is 3. The van der Waals surface area contributed by atoms with Gasteiger partial charge in [0.25, 0.3) is 0 Å². The summed E-state index contributed by atoms with van der Waals surface area (Å²) in [5.74, 6) is 0.845. The highest BCUT2D eigenvalue weighted by Crippen LogP contribution is 2.21. The van der Waals surface area contributed by atoms with E-state index in [0.717, 1.165) is 28.4 Å². The van der Waals surface area contributed by atoms with Crippen molar-refractivity contribution < 1.29 is 9.15 Å². The average molecular weight is 236 g/mol. The molecule has 2 heterocycles. The van der Waals surface area contributed by atoms with E-state index in [1.165, 1.54) is 0 Å². The standard InChI is InChI=1S/C11H16N4O2/c1-6-10(15-17-14-6)5-12-7(2)11-8(3)13-16-9(11)4/h7,12H,5H2,1-4H3. The molecule has 0 radical (unpaired) electrons. The van der Waals surface area contributed by atoms with E-state index in [0.29, 0.717) is 6.54 Å². The lowest BCUT2D eigenvalue weighted by atomic mass is 10.1. The molecule has 92 valence electrons. The van der Waals surface area contributed by atoms with Gasteiger partial charge in [-0.3, -0.25) is 0 Å². The van der Waals surface area contributed by atoms with Crippen molar-refractivity contribution in [2.45, 2.75) is 40.3 Å². The maximum Gasteiger partial charge on any atom is 0.138 e. The number of aromatic nitrogens is 3. The van der Waals surface area contributed by atoms with Crippen LogP contribution in [0.3, 0.4) is 0 Å². The molecule has 0 spiro atoms. The molecule has 0 aliphatic heterocycles. The topological polar surface area (TPSA) is 77.0 Å². The fraction of sp³-hybridized carbons (Fsp3) is 0.545. The van der Waals surface area contributed by atoms with E-state index in [9.17, 15) is 0 Å². The van der Waals surface area contributed by atoms with Crippen LogP contribution in [0.2, 0.25) is 0 Å². The predicted octanol–water partition coefficient (Wildman–Crippen LogP) is 1.83. The van der Waals surface area contributed by atoms with E-state index in [-0.39, 0.29) is 6.04 Å². The molecular weight excluding hydrogens is 220 g/mol. The Morgan fingerprint density at radius 3 is 2.41 bits per heavy atom. The highest BCUT2D eigenvalue weighted by Gasteiger charge is 2.16. The summed E-state index contributed by atoms with van der Waals surface area (Å²) < 4.78 is 9.79. The smallest absolute Gasteiger partial charge is 0.138 e. The Morgan fingerprint density at radius 2 is 1.88 bits per heavy atom. The van der Waals surface area contributed by atoms with Crippen LogP contribution in [0.5, 0.6) is 0 Å². The van der Waals surface area contributed by atoms with Crippen LogP contribution in [0.25, 0.3) is 0 Å².